The van der Waals surface area contributed by atoms with Gasteiger partial charge in [-0.2, -0.15) is 0 Å². The molecule has 0 saturated carbocycles. The van der Waals surface area contributed by atoms with Crippen molar-refractivity contribution in [1.82, 2.24) is 0 Å². The Bertz CT molecular complexity index is 34.8. The number of rotatable bonds is 2. The van der Waals surface area contributed by atoms with Crippen molar-refractivity contribution in [2.75, 3.05) is 0 Å². The predicted molar refractivity (Wildman–Crippen MR) is 32.4 cm³/mol. The Labute approximate surface area is 51.7 Å². The summed E-state index contributed by atoms with van der Waals surface area (Å²) in [7, 11) is 0. The van der Waals surface area contributed by atoms with Crippen molar-refractivity contribution in [1.29, 1.82) is 0 Å². The minimum absolute atomic E-state index is 0.762. The van der Waals surface area contributed by atoms with Gasteiger partial charge in [0.05, 0.1) is 0 Å². The molecule has 0 amide bonds. The van der Waals surface area contributed by atoms with Crippen molar-refractivity contribution in [2.24, 2.45) is 0 Å². The Kier molecular flexibility index (Phi) is 6.53. The Morgan fingerprint density at radius 2 is 1.33 bits per heavy atom. The van der Waals surface area contributed by atoms with Crippen LogP contribution in [0.15, 0.2) is 9.95 Å². The van der Waals surface area contributed by atoms with Crippen LogP contribution < -0.4 is 0 Å². The normalized spacial score (nSPS) is 10.3. The molecule has 0 aliphatic rings. The van der Waals surface area contributed by atoms with Gasteiger partial charge in [0.2, 0.25) is 0 Å². The van der Waals surface area contributed by atoms with Gasteiger partial charge in [-0.1, -0.05) is 0 Å². The Balaban J connectivity index is 2.73. The molecular weight excluding hydrogens is 206 g/mol. The molecular formula is C4H8Se2. The molecule has 0 spiro atoms. The van der Waals surface area contributed by atoms with Gasteiger partial charge in [0.1, 0.15) is 0 Å². The van der Waals surface area contributed by atoms with Gasteiger partial charge in [-0.25, -0.2) is 0 Å². The summed E-state index contributed by atoms with van der Waals surface area (Å²) in [4.78, 5) is 4.54. The summed E-state index contributed by atoms with van der Waals surface area (Å²) >= 11 is 1.52. The van der Waals surface area contributed by atoms with E-state index in [2.05, 4.69) is 21.6 Å². The zero-order chi connectivity index (χ0) is 4.83. The average Bonchev–Trinajstić information content (AvgIpc) is 1.61. The molecule has 0 rings (SSSR count). The fourth-order valence-electron chi connectivity index (χ4n) is 0.111. The summed E-state index contributed by atoms with van der Waals surface area (Å²) in [5, 5.41) is 0. The van der Waals surface area contributed by atoms with Crippen LogP contribution in [0.3, 0.4) is 0 Å². The first-order valence-corrected chi connectivity index (χ1v) is 7.03. The summed E-state index contributed by atoms with van der Waals surface area (Å²) in [6, 6.07) is 0. The molecule has 0 unspecified atom stereocenters. The van der Waals surface area contributed by atoms with Crippen LogP contribution in [0.4, 0.5) is 0 Å². The number of hydrogen-bond acceptors (Lipinski definition) is 0. The fraction of sp³-hybridized carbons (Fsp3) is 0.500. The third kappa shape index (κ3) is 4.78. The second-order valence-corrected chi connectivity index (χ2v) is 3.86. The summed E-state index contributed by atoms with van der Waals surface area (Å²) in [5.41, 5.74) is 0. The summed E-state index contributed by atoms with van der Waals surface area (Å²) < 4.78 is 0. The topological polar surface area (TPSA) is 0 Å². The van der Waals surface area contributed by atoms with Gasteiger partial charge in [0.15, 0.2) is 0 Å². The zero-order valence-corrected chi connectivity index (χ0v) is 7.40. The van der Waals surface area contributed by atoms with Crippen LogP contribution in [0.1, 0.15) is 0 Å². The summed E-state index contributed by atoms with van der Waals surface area (Å²) in [6.45, 7) is 0. The Hall–Kier alpha value is 0.779. The second kappa shape index (κ2) is 5.78. The van der Waals surface area contributed by atoms with Crippen LogP contribution in [0.25, 0.3) is 0 Å². The maximum atomic E-state index is 2.27. The van der Waals surface area contributed by atoms with Crippen LogP contribution in [0.5, 0.6) is 0 Å². The zero-order valence-electron chi connectivity index (χ0n) is 3.97. The molecule has 0 atom stereocenters. The monoisotopic (exact) mass is 216 g/mol. The van der Waals surface area contributed by atoms with Crippen molar-refractivity contribution < 1.29 is 0 Å². The molecule has 0 saturated heterocycles. The van der Waals surface area contributed by atoms with Crippen molar-refractivity contribution in [3.63, 3.8) is 0 Å². The third-order valence-corrected chi connectivity index (χ3v) is 2.91. The van der Waals surface area contributed by atoms with Crippen LogP contribution in [-0.4, -0.2) is 29.9 Å². The van der Waals surface area contributed by atoms with Gasteiger partial charge in [-0.3, -0.25) is 0 Å². The van der Waals surface area contributed by atoms with E-state index < -0.39 is 0 Å². The van der Waals surface area contributed by atoms with Crippen molar-refractivity contribution in [3.05, 3.63) is 9.95 Å². The summed E-state index contributed by atoms with van der Waals surface area (Å²) in [6.07, 6.45) is 0. The number of hydrogen-bond donors (Lipinski definition) is 0. The SMILES string of the molecule is C[Se]C=C[Se]C. The van der Waals surface area contributed by atoms with Gasteiger partial charge < -0.3 is 0 Å². The van der Waals surface area contributed by atoms with Gasteiger partial charge in [-0.05, 0) is 0 Å². The van der Waals surface area contributed by atoms with E-state index in [1.807, 2.05) is 0 Å². The van der Waals surface area contributed by atoms with Gasteiger partial charge >= 0.3 is 51.5 Å². The van der Waals surface area contributed by atoms with E-state index in [4.69, 9.17) is 0 Å². The average molecular weight is 214 g/mol. The van der Waals surface area contributed by atoms with E-state index in [0.717, 1.165) is 29.9 Å². The molecule has 0 nitrogen and oxygen atoms in total. The Morgan fingerprint density at radius 1 is 1.00 bits per heavy atom. The standard InChI is InChI=1S/C4H8Se2/c1-5-3-4-6-2/h3-4H,1-2H3. The molecule has 36 valence electrons. The molecule has 0 fully saturated rings. The van der Waals surface area contributed by atoms with E-state index in [-0.39, 0.29) is 0 Å². The molecule has 2 heteroatoms. The van der Waals surface area contributed by atoms with Crippen molar-refractivity contribution in [2.45, 2.75) is 11.6 Å². The van der Waals surface area contributed by atoms with E-state index in [1.54, 1.807) is 0 Å². The molecule has 0 aliphatic carbocycles. The molecule has 0 aliphatic heterocycles. The third-order valence-electron chi connectivity index (χ3n) is 0.328. The maximum absolute atomic E-state index is 2.27. The molecule has 0 radical (unpaired) electrons. The van der Waals surface area contributed by atoms with Crippen LogP contribution in [0.2, 0.25) is 11.6 Å². The van der Waals surface area contributed by atoms with E-state index in [1.165, 1.54) is 0 Å². The predicted octanol–water partition coefficient (Wildman–Crippen LogP) is 0.962. The molecule has 6 heavy (non-hydrogen) atoms. The molecule has 0 N–H and O–H groups in total. The van der Waals surface area contributed by atoms with E-state index in [9.17, 15) is 0 Å². The molecule has 0 aromatic heterocycles. The summed E-state index contributed by atoms with van der Waals surface area (Å²) in [5.74, 6) is 4.43. The van der Waals surface area contributed by atoms with Gasteiger partial charge in [-0.15, -0.1) is 0 Å². The molecule has 0 bridgehead atoms. The van der Waals surface area contributed by atoms with Crippen LogP contribution in [-0.2, 0) is 0 Å². The van der Waals surface area contributed by atoms with Crippen LogP contribution >= 0.6 is 0 Å². The molecule has 0 heterocycles. The minimum atomic E-state index is 0.762. The molecule has 0 aromatic rings. The van der Waals surface area contributed by atoms with Crippen LogP contribution in [0, 0.1) is 0 Å². The Morgan fingerprint density at radius 3 is 1.50 bits per heavy atom. The fourth-order valence-corrected chi connectivity index (χ4v) is 3.00. The first-order chi connectivity index (χ1) is 2.91. The van der Waals surface area contributed by atoms with Gasteiger partial charge in [0, 0.05) is 0 Å². The first-order valence-electron chi connectivity index (χ1n) is 1.62. The quantitative estimate of drug-likeness (QED) is 0.600. The second-order valence-electron chi connectivity index (χ2n) is 0.744. The van der Waals surface area contributed by atoms with Crippen molar-refractivity contribution in [3.8, 4) is 0 Å². The van der Waals surface area contributed by atoms with E-state index in [0.29, 0.717) is 0 Å². The van der Waals surface area contributed by atoms with Gasteiger partial charge in [0.25, 0.3) is 0 Å². The van der Waals surface area contributed by atoms with E-state index >= 15 is 0 Å². The molecule has 0 aromatic carbocycles. The first kappa shape index (κ1) is 6.78. The van der Waals surface area contributed by atoms with Crippen molar-refractivity contribution >= 4 is 29.9 Å².